The Balaban J connectivity index is 0. The molecule has 1 atom stereocenters. The predicted octanol–water partition coefficient (Wildman–Crippen LogP) is 4.04. The Morgan fingerprint density at radius 1 is 1.27 bits per heavy atom. The van der Waals surface area contributed by atoms with E-state index in [0.29, 0.717) is 5.92 Å². The van der Waals surface area contributed by atoms with E-state index in [1.54, 1.807) is 0 Å². The quantitative estimate of drug-likeness (QED) is 0.674. The second-order valence-electron chi connectivity index (χ2n) is 3.33. The third-order valence-corrected chi connectivity index (χ3v) is 2.54. The molecule has 82 valence electrons. The van der Waals surface area contributed by atoms with Gasteiger partial charge in [-0.2, -0.15) is 6.08 Å². The summed E-state index contributed by atoms with van der Waals surface area (Å²) in [5.74, 6) is 0.568. The van der Waals surface area contributed by atoms with Crippen LogP contribution in [-0.4, -0.2) is 0 Å². The van der Waals surface area contributed by atoms with Gasteiger partial charge in [-0.05, 0) is 12.3 Å². The van der Waals surface area contributed by atoms with Crippen molar-refractivity contribution < 1.29 is 26.2 Å². The molecule has 0 heterocycles. The predicted molar refractivity (Wildman–Crippen MR) is 66.0 cm³/mol. The molecule has 0 bridgehead atoms. The van der Waals surface area contributed by atoms with Crippen LogP contribution < -0.4 is 0 Å². The van der Waals surface area contributed by atoms with Gasteiger partial charge in [0.25, 0.3) is 0 Å². The Morgan fingerprint density at radius 2 is 2.00 bits per heavy atom. The molecule has 0 nitrogen and oxygen atoms in total. The van der Waals surface area contributed by atoms with Gasteiger partial charge < -0.3 is 0 Å². The third-order valence-electron chi connectivity index (χ3n) is 2.54. The monoisotopic (exact) mass is 319 g/mol. The van der Waals surface area contributed by atoms with Gasteiger partial charge in [-0.1, -0.05) is 30.7 Å². The molecular weight excluding hydrogens is 306 g/mol. The van der Waals surface area contributed by atoms with Crippen molar-refractivity contribution in [3.8, 4) is 0 Å². The van der Waals surface area contributed by atoms with Gasteiger partial charge in [-0.25, -0.2) is 11.6 Å². The van der Waals surface area contributed by atoms with Gasteiger partial charge in [0.1, 0.15) is 0 Å². The summed E-state index contributed by atoms with van der Waals surface area (Å²) in [7, 11) is 0. The van der Waals surface area contributed by atoms with E-state index in [0.717, 1.165) is 12.8 Å². The minimum Gasteiger partial charge on any atom is -0.269 e. The Morgan fingerprint density at radius 3 is 2.47 bits per heavy atom. The first-order valence-electron chi connectivity index (χ1n) is 4.51. The summed E-state index contributed by atoms with van der Waals surface area (Å²) < 4.78 is 0. The van der Waals surface area contributed by atoms with Crippen molar-refractivity contribution in [3.05, 3.63) is 47.6 Å². The molecule has 1 unspecified atom stereocenters. The first-order chi connectivity index (χ1) is 5.88. The van der Waals surface area contributed by atoms with Crippen LogP contribution >= 0.6 is 24.8 Å². The zero-order valence-electron chi connectivity index (χ0n) is 8.69. The standard InChI is InChI=1S/C12H13.2ClH.Zr/c1-10(11-6-2-3-7-11)12-8-4-5-9-12;;;/h2-4,6,8,10H,5,7H2,1H3;2*1H;/q-1;;;. The molecule has 0 spiro atoms. The molecule has 0 radical (unpaired) electrons. The summed E-state index contributed by atoms with van der Waals surface area (Å²) in [6, 6.07) is 0. The molecular formula is C12H15Cl2Zr-. The van der Waals surface area contributed by atoms with E-state index >= 15 is 0 Å². The van der Waals surface area contributed by atoms with Gasteiger partial charge >= 0.3 is 0 Å². The average Bonchev–Trinajstić information content (AvgIpc) is 2.77. The van der Waals surface area contributed by atoms with Gasteiger partial charge in [0.2, 0.25) is 0 Å². The van der Waals surface area contributed by atoms with Gasteiger partial charge in [0.05, 0.1) is 0 Å². The SMILES string of the molecule is CC(C1=[C-]CC=C1)C1=CC=CC1.Cl.Cl.[Zr]. The largest absolute Gasteiger partial charge is 0.269 e. The van der Waals surface area contributed by atoms with Crippen LogP contribution in [0.25, 0.3) is 0 Å². The summed E-state index contributed by atoms with van der Waals surface area (Å²) in [5.41, 5.74) is 2.88. The van der Waals surface area contributed by atoms with Gasteiger partial charge in [-0.3, -0.25) is 6.08 Å². The zero-order valence-corrected chi connectivity index (χ0v) is 12.8. The summed E-state index contributed by atoms with van der Waals surface area (Å²) in [4.78, 5) is 0. The average molecular weight is 321 g/mol. The molecule has 3 heteroatoms. The fraction of sp³-hybridized carbons (Fsp3) is 0.333. The first-order valence-corrected chi connectivity index (χ1v) is 4.51. The molecule has 15 heavy (non-hydrogen) atoms. The Kier molecular flexibility index (Phi) is 10.2. The summed E-state index contributed by atoms with van der Waals surface area (Å²) in [6.45, 7) is 2.26. The number of hydrogen-bond acceptors (Lipinski definition) is 0. The fourth-order valence-electron chi connectivity index (χ4n) is 1.70. The van der Waals surface area contributed by atoms with Crippen LogP contribution in [0.3, 0.4) is 0 Å². The molecule has 0 fully saturated rings. The number of hydrogen-bond donors (Lipinski definition) is 0. The van der Waals surface area contributed by atoms with Crippen molar-refractivity contribution in [2.75, 3.05) is 0 Å². The van der Waals surface area contributed by atoms with Crippen LogP contribution in [0.15, 0.2) is 41.5 Å². The van der Waals surface area contributed by atoms with E-state index < -0.39 is 0 Å². The Bertz CT molecular complexity index is 301. The Labute approximate surface area is 124 Å². The Hall–Kier alpha value is 0.423. The number of rotatable bonds is 2. The van der Waals surface area contributed by atoms with E-state index in [4.69, 9.17) is 0 Å². The van der Waals surface area contributed by atoms with Crippen LogP contribution in [0.4, 0.5) is 0 Å². The smallest absolute Gasteiger partial charge is 0 e. The number of halogens is 2. The van der Waals surface area contributed by atoms with Crippen molar-refractivity contribution >= 4 is 24.8 Å². The van der Waals surface area contributed by atoms with Crippen LogP contribution in [-0.2, 0) is 26.2 Å². The van der Waals surface area contributed by atoms with E-state index in [1.807, 2.05) is 0 Å². The maximum Gasteiger partial charge on any atom is 0 e. The van der Waals surface area contributed by atoms with Crippen LogP contribution in [0.1, 0.15) is 19.8 Å². The van der Waals surface area contributed by atoms with Crippen LogP contribution in [0.2, 0.25) is 0 Å². The zero-order chi connectivity index (χ0) is 8.39. The molecule has 2 aliphatic carbocycles. The van der Waals surface area contributed by atoms with Crippen molar-refractivity contribution in [2.45, 2.75) is 19.8 Å². The summed E-state index contributed by atoms with van der Waals surface area (Å²) in [6.07, 6.45) is 16.5. The van der Waals surface area contributed by atoms with Crippen molar-refractivity contribution in [1.82, 2.24) is 0 Å². The van der Waals surface area contributed by atoms with Gasteiger partial charge in [0.15, 0.2) is 0 Å². The maximum atomic E-state index is 3.37. The molecule has 2 rings (SSSR count). The van der Waals surface area contributed by atoms with Crippen LogP contribution in [0.5, 0.6) is 0 Å². The van der Waals surface area contributed by atoms with Crippen molar-refractivity contribution in [2.24, 2.45) is 5.92 Å². The second-order valence-corrected chi connectivity index (χ2v) is 3.33. The minimum absolute atomic E-state index is 0. The molecule has 0 aromatic rings. The minimum atomic E-state index is 0. The fourth-order valence-corrected chi connectivity index (χ4v) is 1.70. The summed E-state index contributed by atoms with van der Waals surface area (Å²) in [5, 5.41) is 0. The number of allylic oxidation sites excluding steroid dienone is 8. The summed E-state index contributed by atoms with van der Waals surface area (Å²) >= 11 is 0. The molecule has 0 aromatic heterocycles. The molecule has 2 aliphatic rings. The normalized spacial score (nSPS) is 18.2. The molecule has 0 saturated carbocycles. The van der Waals surface area contributed by atoms with E-state index in [2.05, 4.69) is 43.4 Å². The molecule has 0 N–H and O–H groups in total. The molecule has 0 aliphatic heterocycles. The third kappa shape index (κ3) is 4.43. The first kappa shape index (κ1) is 17.8. The van der Waals surface area contributed by atoms with Gasteiger partial charge in [0, 0.05) is 26.2 Å². The molecule has 0 aromatic carbocycles. The van der Waals surface area contributed by atoms with Crippen LogP contribution in [0, 0.1) is 12.0 Å². The van der Waals surface area contributed by atoms with Crippen molar-refractivity contribution in [1.29, 1.82) is 0 Å². The topological polar surface area (TPSA) is 0 Å². The maximum absolute atomic E-state index is 3.37. The van der Waals surface area contributed by atoms with E-state index in [1.165, 1.54) is 11.1 Å². The molecule has 0 saturated heterocycles. The van der Waals surface area contributed by atoms with E-state index in [9.17, 15) is 0 Å². The second kappa shape index (κ2) is 8.56. The molecule has 0 amide bonds. The van der Waals surface area contributed by atoms with Gasteiger partial charge in [-0.15, -0.1) is 31.2 Å². The van der Waals surface area contributed by atoms with E-state index in [-0.39, 0.29) is 51.0 Å². The van der Waals surface area contributed by atoms with Crippen molar-refractivity contribution in [3.63, 3.8) is 0 Å².